The Balaban J connectivity index is 0. The van der Waals surface area contributed by atoms with Crippen LogP contribution in [0.15, 0.2) is 0 Å². The Kier molecular flexibility index (Phi) is 13.3. The van der Waals surface area contributed by atoms with Crippen molar-refractivity contribution in [2.24, 2.45) is 5.92 Å². The topological polar surface area (TPSA) is 37.3 Å². The predicted octanol–water partition coefficient (Wildman–Crippen LogP) is 3.07. The monoisotopic (exact) mass is 311 g/mol. The van der Waals surface area contributed by atoms with E-state index in [1.54, 1.807) is 0 Å². The fraction of sp³-hybridized carbons (Fsp3) is 0.900. The second-order valence-corrected chi connectivity index (χ2v) is 3.29. The minimum Gasteiger partial charge on any atom is -0.481 e. The van der Waals surface area contributed by atoms with Gasteiger partial charge in [0.25, 0.3) is 0 Å². The maximum atomic E-state index is 10.6. The number of aliphatic carboxylic acids is 1. The van der Waals surface area contributed by atoms with Crippen LogP contribution in [0.25, 0.3) is 0 Å². The summed E-state index contributed by atoms with van der Waals surface area (Å²) >= 11 is 0. The average molecular weight is 311 g/mol. The smallest absolute Gasteiger partial charge is 0.306 e. The van der Waals surface area contributed by atoms with Gasteiger partial charge in [-0.2, -0.15) is 0 Å². The first-order valence-electron chi connectivity index (χ1n) is 4.95. The van der Waals surface area contributed by atoms with E-state index in [0.29, 0.717) is 0 Å². The summed E-state index contributed by atoms with van der Waals surface area (Å²) in [6.45, 7) is 4.10. The molecule has 0 aromatic rings. The van der Waals surface area contributed by atoms with E-state index in [0.717, 1.165) is 19.3 Å². The van der Waals surface area contributed by atoms with E-state index in [1.807, 2.05) is 6.92 Å². The van der Waals surface area contributed by atoms with Crippen molar-refractivity contribution in [3.63, 3.8) is 0 Å². The Labute approximate surface area is 109 Å². The van der Waals surface area contributed by atoms with E-state index in [2.05, 4.69) is 6.92 Å². The molecule has 1 radical (unpaired) electrons. The van der Waals surface area contributed by atoms with Gasteiger partial charge in [0, 0.05) is 35.6 Å². The predicted molar refractivity (Wildman–Crippen MR) is 50.2 cm³/mol. The molecule has 2 nitrogen and oxygen atoms in total. The number of carboxylic acids is 1. The van der Waals surface area contributed by atoms with Crippen molar-refractivity contribution in [1.82, 2.24) is 0 Å². The second-order valence-electron chi connectivity index (χ2n) is 3.29. The van der Waals surface area contributed by atoms with Gasteiger partial charge in [0.05, 0.1) is 5.92 Å². The van der Waals surface area contributed by atoms with E-state index in [1.165, 1.54) is 19.3 Å². The first kappa shape index (κ1) is 16.1. The third-order valence-corrected chi connectivity index (χ3v) is 2.25. The number of hydrogen-bond donors (Lipinski definition) is 1. The van der Waals surface area contributed by atoms with Gasteiger partial charge >= 0.3 is 5.97 Å². The normalized spacial score (nSPS) is 11.8. The van der Waals surface area contributed by atoms with Crippen molar-refractivity contribution in [3.8, 4) is 0 Å². The summed E-state index contributed by atoms with van der Waals surface area (Å²) in [4.78, 5) is 10.6. The van der Waals surface area contributed by atoms with Gasteiger partial charge in [-0.3, -0.25) is 4.79 Å². The molecule has 0 aliphatic heterocycles. The van der Waals surface area contributed by atoms with Crippen LogP contribution in [0.5, 0.6) is 0 Å². The van der Waals surface area contributed by atoms with Gasteiger partial charge in [-0.05, 0) is 12.8 Å². The van der Waals surface area contributed by atoms with Crippen LogP contribution in [0, 0.1) is 41.5 Å². The van der Waals surface area contributed by atoms with Gasteiger partial charge in [0.1, 0.15) is 0 Å². The summed E-state index contributed by atoms with van der Waals surface area (Å²) in [6.07, 6.45) is 6.31. The van der Waals surface area contributed by atoms with Crippen LogP contribution >= 0.6 is 0 Å². The van der Waals surface area contributed by atoms with Crippen LogP contribution in [-0.4, -0.2) is 11.1 Å². The standard InChI is InChI=1S/C10H20O2.La/c1-3-5-6-7-8-9(4-2)10(11)12;/h9H,3-8H2,1-2H3,(H,11,12);. The molecule has 0 rings (SSSR count). The zero-order valence-corrected chi connectivity index (χ0v) is 12.4. The third kappa shape index (κ3) is 8.98. The molecular formula is C10H20LaO2. The number of rotatable bonds is 7. The summed E-state index contributed by atoms with van der Waals surface area (Å²) in [5, 5.41) is 8.73. The van der Waals surface area contributed by atoms with Crippen LogP contribution in [-0.2, 0) is 4.79 Å². The molecule has 75 valence electrons. The van der Waals surface area contributed by atoms with E-state index >= 15 is 0 Å². The molecule has 1 atom stereocenters. The van der Waals surface area contributed by atoms with Crippen molar-refractivity contribution in [3.05, 3.63) is 0 Å². The Morgan fingerprint density at radius 2 is 1.85 bits per heavy atom. The Morgan fingerprint density at radius 3 is 2.23 bits per heavy atom. The van der Waals surface area contributed by atoms with Crippen LogP contribution < -0.4 is 0 Å². The zero-order chi connectivity index (χ0) is 9.40. The van der Waals surface area contributed by atoms with Gasteiger partial charge in [0.2, 0.25) is 0 Å². The number of carbonyl (C=O) groups is 1. The summed E-state index contributed by atoms with van der Waals surface area (Å²) in [6, 6.07) is 0. The molecular weight excluding hydrogens is 291 g/mol. The summed E-state index contributed by atoms with van der Waals surface area (Å²) in [7, 11) is 0. The zero-order valence-electron chi connectivity index (χ0n) is 8.75. The molecule has 0 fully saturated rings. The quantitative estimate of drug-likeness (QED) is 0.734. The van der Waals surface area contributed by atoms with E-state index in [-0.39, 0.29) is 41.5 Å². The fourth-order valence-electron chi connectivity index (χ4n) is 1.32. The first-order chi connectivity index (χ1) is 5.72. The van der Waals surface area contributed by atoms with Gasteiger partial charge in [0.15, 0.2) is 0 Å². The van der Waals surface area contributed by atoms with Gasteiger partial charge in [-0.25, -0.2) is 0 Å². The van der Waals surface area contributed by atoms with Crippen LogP contribution in [0.3, 0.4) is 0 Å². The average Bonchev–Trinajstić information content (AvgIpc) is 2.04. The van der Waals surface area contributed by atoms with Crippen molar-refractivity contribution in [2.45, 2.75) is 52.4 Å². The van der Waals surface area contributed by atoms with E-state index in [4.69, 9.17) is 5.11 Å². The molecule has 0 aliphatic carbocycles. The summed E-state index contributed by atoms with van der Waals surface area (Å²) in [5.74, 6) is -0.740. The molecule has 0 aromatic carbocycles. The Bertz CT molecular complexity index is 126. The van der Waals surface area contributed by atoms with Crippen LogP contribution in [0.2, 0.25) is 0 Å². The van der Waals surface area contributed by atoms with Crippen LogP contribution in [0.4, 0.5) is 0 Å². The van der Waals surface area contributed by atoms with Gasteiger partial charge < -0.3 is 5.11 Å². The summed E-state index contributed by atoms with van der Waals surface area (Å²) < 4.78 is 0. The second kappa shape index (κ2) is 10.7. The molecule has 0 saturated carbocycles. The molecule has 13 heavy (non-hydrogen) atoms. The minimum atomic E-state index is -0.631. The SMILES string of the molecule is CCCCCCC(CC)C(=O)O.[La]. The molecule has 1 N–H and O–H groups in total. The maximum Gasteiger partial charge on any atom is 0.306 e. The molecule has 0 saturated heterocycles. The fourth-order valence-corrected chi connectivity index (χ4v) is 1.32. The van der Waals surface area contributed by atoms with E-state index in [9.17, 15) is 4.79 Å². The Morgan fingerprint density at radius 1 is 1.23 bits per heavy atom. The molecule has 0 aliphatic rings. The van der Waals surface area contributed by atoms with Gasteiger partial charge in [-0.1, -0.05) is 39.5 Å². The molecule has 0 bridgehead atoms. The summed E-state index contributed by atoms with van der Waals surface area (Å²) in [5.41, 5.74) is 0. The van der Waals surface area contributed by atoms with Gasteiger partial charge in [-0.15, -0.1) is 0 Å². The molecule has 0 aromatic heterocycles. The van der Waals surface area contributed by atoms with Crippen molar-refractivity contribution >= 4 is 5.97 Å². The molecule has 0 heterocycles. The molecule has 0 spiro atoms. The van der Waals surface area contributed by atoms with Crippen molar-refractivity contribution < 1.29 is 45.5 Å². The van der Waals surface area contributed by atoms with Crippen molar-refractivity contribution in [2.75, 3.05) is 0 Å². The maximum absolute atomic E-state index is 10.6. The molecule has 3 heteroatoms. The minimum absolute atomic E-state index is 0. The number of unbranched alkanes of at least 4 members (excludes halogenated alkanes) is 3. The first-order valence-corrected chi connectivity index (χ1v) is 4.95. The molecule has 1 unspecified atom stereocenters. The van der Waals surface area contributed by atoms with E-state index < -0.39 is 5.97 Å². The largest absolute Gasteiger partial charge is 0.481 e. The van der Waals surface area contributed by atoms with Crippen molar-refractivity contribution in [1.29, 1.82) is 0 Å². The third-order valence-electron chi connectivity index (χ3n) is 2.25. The Hall–Kier alpha value is 0.665. The van der Waals surface area contributed by atoms with Crippen LogP contribution in [0.1, 0.15) is 52.4 Å². The molecule has 0 amide bonds. The number of carboxylic acid groups (broad SMARTS) is 1. The number of hydrogen-bond acceptors (Lipinski definition) is 1.